The monoisotopic (exact) mass is 497 g/mol. The Hall–Kier alpha value is -3.69. The van der Waals surface area contributed by atoms with Crippen molar-refractivity contribution in [1.82, 2.24) is 25.4 Å². The second kappa shape index (κ2) is 11.1. The van der Waals surface area contributed by atoms with E-state index < -0.39 is 11.6 Å². The van der Waals surface area contributed by atoms with Crippen LogP contribution in [-0.4, -0.2) is 72.5 Å². The van der Waals surface area contributed by atoms with Crippen molar-refractivity contribution in [3.05, 3.63) is 78.0 Å². The number of hydrogen-bond acceptors (Lipinski definition) is 6. The first-order valence-electron chi connectivity index (χ1n) is 11.8. The van der Waals surface area contributed by atoms with E-state index in [1.54, 1.807) is 60.9 Å². The summed E-state index contributed by atoms with van der Waals surface area (Å²) >= 11 is 0. The van der Waals surface area contributed by atoms with Gasteiger partial charge in [0.05, 0.1) is 24.4 Å². The Morgan fingerprint density at radius 2 is 2.05 bits per heavy atom. The van der Waals surface area contributed by atoms with Crippen molar-refractivity contribution < 1.29 is 19.0 Å². The highest BCUT2D eigenvalue weighted by Gasteiger charge is 2.26. The molecular formula is C26H26B2FN5O3. The molecule has 0 fully saturated rings. The average Bonchev–Trinajstić information content (AvgIpc) is 3.35. The molecule has 2 heterocycles. The number of aliphatic hydroxyl groups is 1. The smallest absolute Gasteiger partial charge is 0.254 e. The highest BCUT2D eigenvalue weighted by atomic mass is 19.1. The maximum absolute atomic E-state index is 13.8. The summed E-state index contributed by atoms with van der Waals surface area (Å²) in [6.45, 7) is 2.42. The molecule has 2 aromatic heterocycles. The molecule has 0 aliphatic rings. The molecule has 1 atom stereocenters. The number of benzene rings is 2. The number of pyridine rings is 1. The minimum atomic E-state index is -2.05. The number of rotatable bonds is 10. The zero-order valence-corrected chi connectivity index (χ0v) is 20.6. The second-order valence-corrected chi connectivity index (χ2v) is 8.69. The fourth-order valence-corrected chi connectivity index (χ4v) is 4.28. The van der Waals surface area contributed by atoms with Crippen LogP contribution in [0.4, 0.5) is 4.39 Å². The van der Waals surface area contributed by atoms with Crippen LogP contribution in [0.3, 0.4) is 0 Å². The fraction of sp³-hybridized carbons (Fsp3) is 0.269. The minimum absolute atomic E-state index is 0.207. The number of nitrogens with one attached hydrogen (secondary N) is 2. The Morgan fingerprint density at radius 1 is 1.24 bits per heavy atom. The van der Waals surface area contributed by atoms with E-state index in [9.17, 15) is 14.3 Å². The van der Waals surface area contributed by atoms with Crippen molar-refractivity contribution in [2.75, 3.05) is 20.2 Å². The van der Waals surface area contributed by atoms with Gasteiger partial charge in [-0.3, -0.25) is 14.9 Å². The predicted octanol–water partition coefficient (Wildman–Crippen LogP) is 2.90. The lowest BCUT2D eigenvalue weighted by molar-refractivity contribution is 0.0718. The number of carbonyl (C=O) groups excluding carboxylic acids is 1. The zero-order valence-electron chi connectivity index (χ0n) is 20.6. The third-order valence-corrected chi connectivity index (χ3v) is 6.02. The van der Waals surface area contributed by atoms with Crippen LogP contribution in [0.2, 0.25) is 0 Å². The SMILES string of the molecule is [B]C([B])(O)NCC[C@H](c1cncc2cn[nH]c12)N(C)C(=O)c1ccc(-c2cccc(F)c2)c(OCC)c1. The van der Waals surface area contributed by atoms with Gasteiger partial charge in [-0.05, 0) is 55.8 Å². The molecule has 37 heavy (non-hydrogen) atoms. The first-order chi connectivity index (χ1) is 17.7. The molecule has 0 aliphatic carbocycles. The van der Waals surface area contributed by atoms with Gasteiger partial charge in [0.15, 0.2) is 0 Å². The van der Waals surface area contributed by atoms with E-state index in [0.717, 1.165) is 16.5 Å². The maximum Gasteiger partial charge on any atom is 0.254 e. The molecule has 0 saturated heterocycles. The first-order valence-corrected chi connectivity index (χ1v) is 11.8. The van der Waals surface area contributed by atoms with Crippen molar-refractivity contribution in [3.63, 3.8) is 0 Å². The molecule has 1 amide bonds. The molecule has 4 radical (unpaired) electrons. The highest BCUT2D eigenvalue weighted by molar-refractivity contribution is 6.38. The Morgan fingerprint density at radius 3 is 2.78 bits per heavy atom. The normalized spacial score (nSPS) is 12.4. The largest absolute Gasteiger partial charge is 0.493 e. The van der Waals surface area contributed by atoms with E-state index in [4.69, 9.17) is 20.4 Å². The van der Waals surface area contributed by atoms with E-state index in [-0.39, 0.29) is 18.3 Å². The number of carbonyl (C=O) groups is 1. The lowest BCUT2D eigenvalue weighted by atomic mass is 9.73. The van der Waals surface area contributed by atoms with Gasteiger partial charge >= 0.3 is 0 Å². The van der Waals surface area contributed by atoms with Gasteiger partial charge in [-0.15, -0.1) is 0 Å². The number of ether oxygens (including phenoxy) is 1. The lowest BCUT2D eigenvalue weighted by Gasteiger charge is -2.30. The Bertz CT molecular complexity index is 1390. The van der Waals surface area contributed by atoms with Gasteiger partial charge in [-0.2, -0.15) is 5.10 Å². The molecule has 0 saturated carbocycles. The van der Waals surface area contributed by atoms with E-state index in [2.05, 4.69) is 20.5 Å². The summed E-state index contributed by atoms with van der Waals surface area (Å²) in [5.74, 6) is -0.164. The summed E-state index contributed by atoms with van der Waals surface area (Å²) < 4.78 is 19.7. The van der Waals surface area contributed by atoms with Crippen LogP contribution in [0.5, 0.6) is 5.75 Å². The maximum atomic E-state index is 13.8. The quantitative estimate of drug-likeness (QED) is 0.230. The van der Waals surface area contributed by atoms with Gasteiger partial charge in [-0.25, -0.2) is 4.39 Å². The zero-order chi connectivity index (χ0) is 26.6. The number of aromatic nitrogens is 3. The predicted molar refractivity (Wildman–Crippen MR) is 141 cm³/mol. The van der Waals surface area contributed by atoms with Crippen LogP contribution in [0, 0.1) is 5.82 Å². The number of fused-ring (bicyclic) bond motifs is 1. The molecule has 11 heteroatoms. The molecule has 4 rings (SSSR count). The van der Waals surface area contributed by atoms with Gasteiger partial charge < -0.3 is 20.1 Å². The summed E-state index contributed by atoms with van der Waals surface area (Å²) in [7, 11) is 12.6. The summed E-state index contributed by atoms with van der Waals surface area (Å²) in [4.78, 5) is 19.6. The first kappa shape index (κ1) is 26.4. The van der Waals surface area contributed by atoms with Crippen LogP contribution < -0.4 is 10.1 Å². The van der Waals surface area contributed by atoms with Gasteiger partial charge in [-0.1, -0.05) is 12.1 Å². The summed E-state index contributed by atoms with van der Waals surface area (Å²) in [5, 5.41) is 20.2. The van der Waals surface area contributed by atoms with Crippen molar-refractivity contribution in [3.8, 4) is 16.9 Å². The van der Waals surface area contributed by atoms with Crippen LogP contribution in [-0.2, 0) is 0 Å². The molecule has 0 unspecified atom stereocenters. The summed E-state index contributed by atoms with van der Waals surface area (Å²) in [6.07, 6.45) is 5.36. The highest BCUT2D eigenvalue weighted by Crippen LogP contribution is 2.34. The van der Waals surface area contributed by atoms with Crippen molar-refractivity contribution in [2.24, 2.45) is 0 Å². The van der Waals surface area contributed by atoms with Gasteiger partial charge in [0.25, 0.3) is 5.91 Å². The third kappa shape index (κ3) is 6.18. The number of amides is 1. The van der Waals surface area contributed by atoms with E-state index in [0.29, 0.717) is 35.5 Å². The van der Waals surface area contributed by atoms with Crippen molar-refractivity contribution in [1.29, 1.82) is 0 Å². The van der Waals surface area contributed by atoms with E-state index in [1.165, 1.54) is 12.1 Å². The van der Waals surface area contributed by atoms with Crippen molar-refractivity contribution >= 4 is 32.5 Å². The third-order valence-electron chi connectivity index (χ3n) is 6.02. The molecule has 3 N–H and O–H groups in total. The second-order valence-electron chi connectivity index (χ2n) is 8.69. The number of halogens is 1. The molecule has 186 valence electrons. The van der Waals surface area contributed by atoms with Gasteiger partial charge in [0.2, 0.25) is 0 Å². The van der Waals surface area contributed by atoms with Crippen LogP contribution in [0.25, 0.3) is 22.0 Å². The van der Waals surface area contributed by atoms with Crippen LogP contribution in [0.15, 0.2) is 61.1 Å². The standard InChI is InChI=1S/C26H26B2FN5O3/c1-3-37-23-12-17(7-8-20(23)16-5-4-6-19(29)11-16)25(35)34(2)22(9-10-31-26(27,28)36)21-15-30-13-18-14-32-33-24(18)21/h4-8,11-15,22,31,36H,3,9-10H2,1-2H3,(H,32,33)/t22-/m1/s1. The van der Waals surface area contributed by atoms with Crippen molar-refractivity contribution in [2.45, 2.75) is 24.9 Å². The Balaban J connectivity index is 1.68. The number of aromatic amines is 1. The Kier molecular flexibility index (Phi) is 7.94. The van der Waals surface area contributed by atoms with Crippen LogP contribution in [0.1, 0.15) is 35.3 Å². The van der Waals surface area contributed by atoms with E-state index >= 15 is 0 Å². The molecular weight excluding hydrogens is 471 g/mol. The molecule has 0 spiro atoms. The summed E-state index contributed by atoms with van der Waals surface area (Å²) in [5.41, 5.74) is 1.15. The van der Waals surface area contributed by atoms with Gasteiger partial charge in [0.1, 0.15) is 27.3 Å². The number of H-pyrrole nitrogens is 1. The van der Waals surface area contributed by atoms with Crippen LogP contribution >= 0.6 is 0 Å². The average molecular weight is 497 g/mol. The summed E-state index contributed by atoms with van der Waals surface area (Å²) in [6, 6.07) is 10.8. The van der Waals surface area contributed by atoms with Gasteiger partial charge in [0, 0.05) is 47.0 Å². The molecule has 2 aromatic carbocycles. The molecule has 0 bridgehead atoms. The number of nitrogens with zero attached hydrogens (tertiary/aromatic N) is 3. The lowest BCUT2D eigenvalue weighted by Crippen LogP contribution is -2.47. The topological polar surface area (TPSA) is 103 Å². The van der Waals surface area contributed by atoms with E-state index in [1.807, 2.05) is 6.92 Å². The number of hydrogen-bond donors (Lipinski definition) is 3. The fourth-order valence-electron chi connectivity index (χ4n) is 4.28. The molecule has 8 nitrogen and oxygen atoms in total. The Labute approximate surface area is 217 Å². The minimum Gasteiger partial charge on any atom is -0.493 e. The molecule has 0 aliphatic heterocycles. The molecule has 4 aromatic rings.